The molecule has 0 spiro atoms. The van der Waals surface area contributed by atoms with Crippen LogP contribution in [0.4, 0.5) is 26.3 Å². The molecule has 1 nitrogen and oxygen atoms in total. The molecule has 7 heteroatoms. The predicted molar refractivity (Wildman–Crippen MR) is 33.5 cm³/mol. The van der Waals surface area contributed by atoms with Crippen molar-refractivity contribution < 1.29 is 26.3 Å². The first-order chi connectivity index (χ1) is 5.55. The molecule has 0 fully saturated rings. The molecule has 0 rings (SSSR count). The first kappa shape index (κ1) is 12.1. The maximum absolute atomic E-state index is 11.8. The van der Waals surface area contributed by atoms with E-state index in [1.165, 1.54) is 0 Å². The maximum atomic E-state index is 11.8. The van der Waals surface area contributed by atoms with Crippen LogP contribution in [0.3, 0.4) is 0 Å². The second-order valence-electron chi connectivity index (χ2n) is 2.50. The Morgan fingerprint density at radius 1 is 1.08 bits per heavy atom. The Morgan fingerprint density at radius 3 is 1.46 bits per heavy atom. The van der Waals surface area contributed by atoms with Crippen LogP contribution in [0, 0.1) is 5.92 Å². The monoisotopic (exact) mass is 207 g/mol. The van der Waals surface area contributed by atoms with Crippen molar-refractivity contribution >= 4 is 0 Å². The molecule has 13 heavy (non-hydrogen) atoms. The molecule has 0 unspecified atom stereocenters. The van der Waals surface area contributed by atoms with Crippen molar-refractivity contribution in [3.63, 3.8) is 0 Å². The van der Waals surface area contributed by atoms with Gasteiger partial charge in [0.05, 0.1) is 0 Å². The topological polar surface area (TPSA) is 26.0 Å². The number of nitrogens with two attached hydrogens (primary N) is 1. The normalized spacial score (nSPS) is 13.5. The minimum atomic E-state index is -5.33. The summed E-state index contributed by atoms with van der Waals surface area (Å²) in [4.78, 5) is 0. The van der Waals surface area contributed by atoms with Crippen molar-refractivity contribution in [1.82, 2.24) is 0 Å². The lowest BCUT2D eigenvalue weighted by atomic mass is 10.0. The van der Waals surface area contributed by atoms with Crippen LogP contribution in [0.15, 0.2) is 12.3 Å². The molecule has 0 saturated carbocycles. The Balaban J connectivity index is 4.68. The van der Waals surface area contributed by atoms with E-state index in [1.807, 2.05) is 0 Å². The maximum Gasteiger partial charge on any atom is 0.400 e. The van der Waals surface area contributed by atoms with Crippen LogP contribution < -0.4 is 5.73 Å². The highest BCUT2D eigenvalue weighted by molar-refractivity contribution is 4.93. The summed E-state index contributed by atoms with van der Waals surface area (Å²) in [6, 6.07) is 0. The number of hydrogen-bond donors (Lipinski definition) is 1. The molecule has 0 aliphatic rings. The molecule has 0 heterocycles. The molecule has 0 aromatic rings. The van der Waals surface area contributed by atoms with Crippen LogP contribution in [0.5, 0.6) is 0 Å². The van der Waals surface area contributed by atoms with Crippen molar-refractivity contribution in [2.45, 2.75) is 18.8 Å². The molecular formula is C6H7F6N. The summed E-state index contributed by atoms with van der Waals surface area (Å²) in [5.41, 5.74) is 4.05. The Labute approximate surface area is 70.2 Å². The Morgan fingerprint density at radius 2 is 1.38 bits per heavy atom. The van der Waals surface area contributed by atoms with Crippen LogP contribution in [-0.2, 0) is 0 Å². The van der Waals surface area contributed by atoms with Crippen LogP contribution in [0.2, 0.25) is 0 Å². The quantitative estimate of drug-likeness (QED) is 0.692. The fourth-order valence-electron chi connectivity index (χ4n) is 0.679. The Bertz CT molecular complexity index is 176. The largest absolute Gasteiger partial charge is 0.402 e. The van der Waals surface area contributed by atoms with Gasteiger partial charge in [-0.2, -0.15) is 26.3 Å². The molecular weight excluding hydrogens is 200 g/mol. The van der Waals surface area contributed by atoms with Crippen molar-refractivity contribution in [2.75, 3.05) is 0 Å². The van der Waals surface area contributed by atoms with E-state index in [9.17, 15) is 26.3 Å². The first-order valence-corrected chi connectivity index (χ1v) is 3.12. The van der Waals surface area contributed by atoms with E-state index < -0.39 is 30.4 Å². The van der Waals surface area contributed by atoms with Crippen LogP contribution >= 0.6 is 0 Å². The zero-order chi connectivity index (χ0) is 10.9. The van der Waals surface area contributed by atoms with Gasteiger partial charge in [0.2, 0.25) is 0 Å². The summed E-state index contributed by atoms with van der Waals surface area (Å²) in [5, 5.41) is 0. The second-order valence-corrected chi connectivity index (χ2v) is 2.50. The Hall–Kier alpha value is -0.880. The van der Waals surface area contributed by atoms with E-state index >= 15 is 0 Å². The molecule has 0 aromatic heterocycles. The number of alkyl halides is 6. The second kappa shape index (κ2) is 3.47. The predicted octanol–water partition coefficient (Wildman–Crippen LogP) is 2.59. The highest BCUT2D eigenvalue weighted by Gasteiger charge is 2.56. The molecule has 0 aliphatic carbocycles. The van der Waals surface area contributed by atoms with E-state index in [0.29, 0.717) is 0 Å². The number of rotatable bonds is 2. The molecule has 2 N–H and O–H groups in total. The molecule has 0 aromatic carbocycles. The van der Waals surface area contributed by atoms with Gasteiger partial charge in [-0.25, -0.2) is 0 Å². The summed E-state index contributed by atoms with van der Waals surface area (Å²) in [5.74, 6) is -3.42. The third kappa shape index (κ3) is 4.05. The van der Waals surface area contributed by atoms with Gasteiger partial charge in [0.15, 0.2) is 5.92 Å². The van der Waals surface area contributed by atoms with Crippen molar-refractivity contribution in [2.24, 2.45) is 11.7 Å². The fraction of sp³-hybridized carbons (Fsp3) is 0.667. The van der Waals surface area contributed by atoms with Crippen molar-refractivity contribution in [3.8, 4) is 0 Å². The first-order valence-electron chi connectivity index (χ1n) is 3.12. The summed E-state index contributed by atoms with van der Waals surface area (Å²) < 4.78 is 70.6. The lowest BCUT2D eigenvalue weighted by molar-refractivity contribution is -0.283. The van der Waals surface area contributed by atoms with Gasteiger partial charge in [-0.05, 0) is 0 Å². The van der Waals surface area contributed by atoms with Gasteiger partial charge in [-0.1, -0.05) is 6.58 Å². The van der Waals surface area contributed by atoms with E-state index in [2.05, 4.69) is 6.58 Å². The zero-order valence-electron chi connectivity index (χ0n) is 6.34. The van der Waals surface area contributed by atoms with Gasteiger partial charge >= 0.3 is 12.4 Å². The molecule has 0 saturated heterocycles. The molecule has 0 amide bonds. The van der Waals surface area contributed by atoms with E-state index in [-0.39, 0.29) is 0 Å². The van der Waals surface area contributed by atoms with Crippen LogP contribution in [-0.4, -0.2) is 12.4 Å². The number of allylic oxidation sites excluding steroid dienone is 1. The summed E-state index contributed by atoms with van der Waals surface area (Å²) >= 11 is 0. The van der Waals surface area contributed by atoms with E-state index in [1.54, 1.807) is 0 Å². The number of halogens is 6. The average molecular weight is 207 g/mol. The zero-order valence-corrected chi connectivity index (χ0v) is 6.34. The summed E-state index contributed by atoms with van der Waals surface area (Å²) in [7, 11) is 0. The standard InChI is InChI=1S/C6H7F6N/c1-3(13)2-4(5(7,8)9)6(10,11)12/h4H,1-2,13H2. The smallest absolute Gasteiger partial charge is 0.400 e. The van der Waals surface area contributed by atoms with E-state index in [0.717, 1.165) is 0 Å². The highest BCUT2D eigenvalue weighted by atomic mass is 19.4. The third-order valence-electron chi connectivity index (χ3n) is 1.26. The Kier molecular flexibility index (Phi) is 3.23. The SMILES string of the molecule is C=C(N)CC(C(F)(F)F)C(F)(F)F. The molecule has 0 aliphatic heterocycles. The highest BCUT2D eigenvalue weighted by Crippen LogP contribution is 2.41. The van der Waals surface area contributed by atoms with Crippen molar-refractivity contribution in [1.29, 1.82) is 0 Å². The van der Waals surface area contributed by atoms with Gasteiger partial charge in [0, 0.05) is 12.1 Å². The fourth-order valence-corrected chi connectivity index (χ4v) is 0.679. The average Bonchev–Trinajstić information content (AvgIpc) is 1.77. The minimum Gasteiger partial charge on any atom is -0.402 e. The molecule has 0 radical (unpaired) electrons. The van der Waals surface area contributed by atoms with Crippen LogP contribution in [0.25, 0.3) is 0 Å². The number of hydrogen-bond acceptors (Lipinski definition) is 1. The third-order valence-corrected chi connectivity index (χ3v) is 1.26. The van der Waals surface area contributed by atoms with Gasteiger partial charge in [0.1, 0.15) is 0 Å². The van der Waals surface area contributed by atoms with Gasteiger partial charge in [0.25, 0.3) is 0 Å². The van der Waals surface area contributed by atoms with Crippen molar-refractivity contribution in [3.05, 3.63) is 12.3 Å². The lowest BCUT2D eigenvalue weighted by Crippen LogP contribution is -2.37. The van der Waals surface area contributed by atoms with Gasteiger partial charge in [-0.3, -0.25) is 0 Å². The van der Waals surface area contributed by atoms with Gasteiger partial charge in [-0.15, -0.1) is 0 Å². The summed E-state index contributed by atoms with van der Waals surface area (Å²) in [6.45, 7) is 2.80. The summed E-state index contributed by atoms with van der Waals surface area (Å²) in [6.07, 6.45) is -12.0. The van der Waals surface area contributed by atoms with Gasteiger partial charge < -0.3 is 5.73 Å². The molecule has 0 atom stereocenters. The van der Waals surface area contributed by atoms with E-state index in [4.69, 9.17) is 5.73 Å². The lowest BCUT2D eigenvalue weighted by Gasteiger charge is -2.22. The molecule has 78 valence electrons. The minimum absolute atomic E-state index is 0.639. The van der Waals surface area contributed by atoms with Crippen LogP contribution in [0.1, 0.15) is 6.42 Å². The molecule has 0 bridgehead atoms.